The molecule has 1 aromatic carbocycles. The number of carbonyl (C=O) groups excluding carboxylic acids is 5. The van der Waals surface area contributed by atoms with Crippen LogP contribution < -0.4 is 10.6 Å². The number of rotatable bonds is 5. The van der Waals surface area contributed by atoms with Gasteiger partial charge in [-0.05, 0) is 63.9 Å². The van der Waals surface area contributed by atoms with E-state index in [1.807, 2.05) is 30.3 Å². The van der Waals surface area contributed by atoms with Gasteiger partial charge >= 0.3 is 0 Å². The van der Waals surface area contributed by atoms with Gasteiger partial charge in [-0.2, -0.15) is 0 Å². The topological polar surface area (TPSA) is 164 Å². The molecule has 13 heteroatoms. The Kier molecular flexibility index (Phi) is 13.4. The van der Waals surface area contributed by atoms with E-state index < -0.39 is 65.6 Å². The minimum Gasteiger partial charge on any atom is -0.491 e. The summed E-state index contributed by atoms with van der Waals surface area (Å²) >= 11 is 0. The molecule has 3 saturated heterocycles. The molecule has 0 saturated carbocycles. The van der Waals surface area contributed by atoms with Crippen molar-refractivity contribution in [1.82, 2.24) is 20.4 Å². The predicted molar refractivity (Wildman–Crippen MR) is 180 cm³/mol. The molecule has 0 spiro atoms. The minimum absolute atomic E-state index is 0.0536. The van der Waals surface area contributed by atoms with Crippen LogP contribution in [-0.2, 0) is 44.6 Å². The van der Waals surface area contributed by atoms with Gasteiger partial charge < -0.3 is 39.8 Å². The molecule has 3 heterocycles. The number of piperidine rings is 1. The summed E-state index contributed by atoms with van der Waals surface area (Å²) in [6.07, 6.45) is 2.44. The fourth-order valence-corrected chi connectivity index (χ4v) is 6.81. The van der Waals surface area contributed by atoms with Crippen molar-refractivity contribution >= 4 is 29.4 Å². The van der Waals surface area contributed by atoms with E-state index in [1.54, 1.807) is 20.9 Å². The first-order valence-corrected chi connectivity index (χ1v) is 17.3. The van der Waals surface area contributed by atoms with Crippen LogP contribution in [0.3, 0.4) is 0 Å². The standard InChI is InChI=1S/C36H52N4O9/c1-23-17-18-27-20-30(47-5)25(3)48-24(2)22-39(4)31(41)21-37-33(43)28(15-11-14-26-12-7-6-8-13-26)38-34(44)29-16-9-10-19-40(29)35(45)32(42)36(23,46)49-27/h6-8,12-13,23,25,27-30,46H,2,9-11,14-22H2,1,3-5H3,(H,37,43)(H,38,44)/t23-,25?,27?,28-,29+,30+,36?/m1/s1. The van der Waals surface area contributed by atoms with E-state index in [0.29, 0.717) is 44.3 Å². The number of amides is 4. The van der Waals surface area contributed by atoms with E-state index in [0.717, 1.165) is 5.56 Å². The number of fused-ring (bicyclic) bond motifs is 3. The number of methoxy groups -OCH3 is 1. The van der Waals surface area contributed by atoms with Gasteiger partial charge in [0.2, 0.25) is 23.5 Å². The third kappa shape index (κ3) is 9.67. The van der Waals surface area contributed by atoms with E-state index in [1.165, 1.54) is 16.9 Å². The lowest BCUT2D eigenvalue weighted by Gasteiger charge is -2.43. The van der Waals surface area contributed by atoms with Gasteiger partial charge in [0.15, 0.2) is 0 Å². The Morgan fingerprint density at radius 2 is 1.78 bits per heavy atom. The van der Waals surface area contributed by atoms with Crippen LogP contribution in [0.4, 0.5) is 0 Å². The fourth-order valence-electron chi connectivity index (χ4n) is 6.81. The molecule has 3 aliphatic heterocycles. The van der Waals surface area contributed by atoms with E-state index >= 15 is 0 Å². The van der Waals surface area contributed by atoms with Gasteiger partial charge in [-0.15, -0.1) is 0 Å². The third-order valence-electron chi connectivity index (χ3n) is 9.88. The van der Waals surface area contributed by atoms with Crippen LogP contribution in [0.25, 0.3) is 0 Å². The van der Waals surface area contributed by atoms with Crippen molar-refractivity contribution in [1.29, 1.82) is 0 Å². The second-order valence-corrected chi connectivity index (χ2v) is 13.5. The van der Waals surface area contributed by atoms with Gasteiger partial charge in [0.05, 0.1) is 25.3 Å². The van der Waals surface area contributed by atoms with Gasteiger partial charge in [-0.25, -0.2) is 0 Å². The fraction of sp³-hybridized carbons (Fsp3) is 0.639. The number of Topliss-reactive ketones (excluding diaryl/α,β-unsaturated/α-hetero) is 1. The third-order valence-corrected chi connectivity index (χ3v) is 9.88. The van der Waals surface area contributed by atoms with Crippen molar-refractivity contribution in [2.24, 2.45) is 5.92 Å². The lowest BCUT2D eigenvalue weighted by Crippen LogP contribution is -2.62. The molecule has 0 aliphatic carbocycles. The highest BCUT2D eigenvalue weighted by atomic mass is 16.6. The average Bonchev–Trinajstić information content (AvgIpc) is 3.09. The van der Waals surface area contributed by atoms with Crippen LogP contribution in [0, 0.1) is 5.92 Å². The maximum absolute atomic E-state index is 13.8. The largest absolute Gasteiger partial charge is 0.491 e. The lowest BCUT2D eigenvalue weighted by molar-refractivity contribution is -0.267. The summed E-state index contributed by atoms with van der Waals surface area (Å²) in [6.45, 7) is 7.25. The van der Waals surface area contributed by atoms with Crippen LogP contribution in [0.5, 0.6) is 0 Å². The smallest absolute Gasteiger partial charge is 0.296 e. The van der Waals surface area contributed by atoms with E-state index in [4.69, 9.17) is 14.2 Å². The van der Waals surface area contributed by atoms with Gasteiger partial charge in [0.1, 0.15) is 23.9 Å². The SMILES string of the molecule is C=C1CN(C)C(=O)CNC(=O)[C@@H](CCCc2ccccc2)NC(=O)[C@@H]2CCCCN2C(=O)C(=O)C2(O)OC(CC[C@H]2C)C[C@H](OC)C(C)O1. The zero-order valence-electron chi connectivity index (χ0n) is 29.2. The Morgan fingerprint density at radius 1 is 1.04 bits per heavy atom. The van der Waals surface area contributed by atoms with Crippen molar-refractivity contribution in [2.75, 3.05) is 33.8 Å². The van der Waals surface area contributed by atoms with Gasteiger partial charge in [-0.1, -0.05) is 43.8 Å². The summed E-state index contributed by atoms with van der Waals surface area (Å²) < 4.78 is 17.7. The molecule has 3 fully saturated rings. The first kappa shape index (κ1) is 38.0. The van der Waals surface area contributed by atoms with Crippen molar-refractivity contribution in [2.45, 2.75) is 108 Å². The molecule has 2 bridgehead atoms. The average molecular weight is 685 g/mol. The van der Waals surface area contributed by atoms with E-state index in [9.17, 15) is 29.1 Å². The number of ketones is 1. The zero-order valence-corrected chi connectivity index (χ0v) is 29.2. The zero-order chi connectivity index (χ0) is 35.7. The van der Waals surface area contributed by atoms with E-state index in [2.05, 4.69) is 17.2 Å². The minimum atomic E-state index is -2.40. The number of likely N-dealkylation sites (N-methyl/N-ethyl adjacent to an activating group) is 1. The second-order valence-electron chi connectivity index (χ2n) is 13.5. The molecule has 0 aromatic heterocycles. The Bertz CT molecular complexity index is 1360. The molecule has 7 atom stereocenters. The van der Waals surface area contributed by atoms with Crippen molar-refractivity contribution in [3.63, 3.8) is 0 Å². The number of nitrogens with zero attached hydrogens (tertiary/aromatic N) is 2. The summed E-state index contributed by atoms with van der Waals surface area (Å²) in [5.41, 5.74) is 1.07. The molecule has 3 unspecified atom stereocenters. The Labute approximate surface area is 288 Å². The maximum Gasteiger partial charge on any atom is 0.296 e. The molecule has 4 rings (SSSR count). The molecule has 49 heavy (non-hydrogen) atoms. The van der Waals surface area contributed by atoms with Crippen LogP contribution in [0.1, 0.15) is 70.8 Å². The molecular weight excluding hydrogens is 632 g/mol. The highest BCUT2D eigenvalue weighted by Gasteiger charge is 2.53. The molecule has 3 aliphatic rings. The Hall–Kier alpha value is -3.81. The highest BCUT2D eigenvalue weighted by Crippen LogP contribution is 2.36. The number of hydrogen-bond acceptors (Lipinski definition) is 9. The first-order chi connectivity index (χ1) is 23.3. The molecule has 4 amide bonds. The van der Waals surface area contributed by atoms with Crippen LogP contribution >= 0.6 is 0 Å². The van der Waals surface area contributed by atoms with Gasteiger partial charge in [0.25, 0.3) is 11.7 Å². The Morgan fingerprint density at radius 3 is 2.49 bits per heavy atom. The molecule has 270 valence electrons. The summed E-state index contributed by atoms with van der Waals surface area (Å²) in [6, 6.07) is 7.69. The van der Waals surface area contributed by atoms with Crippen LogP contribution in [0.2, 0.25) is 0 Å². The maximum atomic E-state index is 13.8. The Balaban J connectivity index is 1.61. The molecule has 1 aromatic rings. The van der Waals surface area contributed by atoms with Gasteiger partial charge in [-0.3, -0.25) is 24.0 Å². The normalized spacial score (nSPS) is 31.6. The van der Waals surface area contributed by atoms with Gasteiger partial charge in [0, 0.05) is 33.0 Å². The second kappa shape index (κ2) is 17.2. The summed E-state index contributed by atoms with van der Waals surface area (Å²) in [5.74, 6) is -6.43. The molecule has 3 N–H and O–H groups in total. The number of ether oxygens (including phenoxy) is 3. The molecule has 13 nitrogen and oxygen atoms in total. The monoisotopic (exact) mass is 684 g/mol. The number of nitrogens with one attached hydrogen (secondary N) is 2. The van der Waals surface area contributed by atoms with Crippen LogP contribution in [0.15, 0.2) is 42.7 Å². The number of aryl methyl sites for hydroxylation is 1. The number of aliphatic hydroxyl groups is 1. The molecule has 0 radical (unpaired) electrons. The summed E-state index contributed by atoms with van der Waals surface area (Å²) in [7, 11) is 3.08. The summed E-state index contributed by atoms with van der Waals surface area (Å²) in [5, 5.41) is 17.1. The lowest BCUT2D eigenvalue weighted by atomic mass is 9.85. The summed E-state index contributed by atoms with van der Waals surface area (Å²) in [4.78, 5) is 70.5. The van der Waals surface area contributed by atoms with Crippen molar-refractivity contribution in [3.05, 3.63) is 48.2 Å². The number of carbonyl (C=O) groups is 5. The predicted octanol–water partition coefficient (Wildman–Crippen LogP) is 1.86. The highest BCUT2D eigenvalue weighted by molar-refractivity contribution is 6.39. The van der Waals surface area contributed by atoms with Crippen molar-refractivity contribution in [3.8, 4) is 0 Å². The first-order valence-electron chi connectivity index (χ1n) is 17.3. The van der Waals surface area contributed by atoms with Crippen LogP contribution in [-0.4, -0.2) is 114 Å². The number of hydrogen-bond donors (Lipinski definition) is 3. The van der Waals surface area contributed by atoms with E-state index in [-0.39, 0.29) is 44.8 Å². The van der Waals surface area contributed by atoms with Crippen molar-refractivity contribution < 1.29 is 43.3 Å². The number of benzene rings is 1. The molecular formula is C36H52N4O9. The quantitative estimate of drug-likeness (QED) is 0.393.